The van der Waals surface area contributed by atoms with E-state index in [1.807, 2.05) is 0 Å². The molecule has 1 rings (SSSR count). The van der Waals surface area contributed by atoms with Gasteiger partial charge in [0.25, 0.3) is 0 Å². The number of phosphoric acid groups is 1. The lowest BCUT2D eigenvalue weighted by atomic mass is 9.97. The van der Waals surface area contributed by atoms with Gasteiger partial charge in [-0.05, 0) is 20.3 Å². The second kappa shape index (κ2) is 17.4. The largest absolute Gasteiger partial charge is 0.472 e. The average Bonchev–Trinajstić information content (AvgIpc) is 2.81. The minimum Gasteiger partial charge on any atom is -0.394 e. The number of phosphoric ester groups is 1. The van der Waals surface area contributed by atoms with Crippen LogP contribution in [0.1, 0.15) is 34.1 Å². The lowest BCUT2D eigenvalue weighted by Crippen LogP contribution is -2.64. The molecule has 0 radical (unpaired) electrons. The molecule has 16 heteroatoms. The van der Waals surface area contributed by atoms with E-state index in [-0.39, 0.29) is 33.0 Å². The summed E-state index contributed by atoms with van der Waals surface area (Å²) in [5.74, 6) is -1.03. The molecular formula is C21H41N2O13P. The van der Waals surface area contributed by atoms with Crippen molar-refractivity contribution in [3.05, 3.63) is 0 Å². The molecule has 218 valence electrons. The van der Waals surface area contributed by atoms with Crippen LogP contribution < -0.4 is 10.6 Å². The van der Waals surface area contributed by atoms with Crippen molar-refractivity contribution in [1.82, 2.24) is 10.6 Å². The predicted octanol–water partition coefficient (Wildman–Crippen LogP) is -1.58. The van der Waals surface area contributed by atoms with Crippen LogP contribution >= 0.6 is 7.82 Å². The van der Waals surface area contributed by atoms with Gasteiger partial charge in [-0.15, -0.1) is 0 Å². The van der Waals surface area contributed by atoms with Crippen LogP contribution in [0.4, 0.5) is 0 Å². The van der Waals surface area contributed by atoms with Gasteiger partial charge in [0, 0.05) is 13.5 Å². The summed E-state index contributed by atoms with van der Waals surface area (Å²) in [7, 11) is -4.16. The molecule has 0 spiro atoms. The van der Waals surface area contributed by atoms with E-state index >= 15 is 0 Å². The van der Waals surface area contributed by atoms with Crippen LogP contribution in [0.3, 0.4) is 0 Å². The Hall–Kier alpha value is -1.23. The Balaban J connectivity index is 2.25. The maximum Gasteiger partial charge on any atom is 0.472 e. The number of aliphatic hydroxyl groups is 3. The topological polar surface area (TPSA) is 212 Å². The van der Waals surface area contributed by atoms with Crippen LogP contribution in [0.5, 0.6) is 0 Å². The summed E-state index contributed by atoms with van der Waals surface area (Å²) in [5, 5.41) is 34.4. The summed E-state index contributed by atoms with van der Waals surface area (Å²) in [6, 6.07) is -1.14. The molecule has 0 aliphatic carbocycles. The highest BCUT2D eigenvalue weighted by Gasteiger charge is 2.45. The van der Waals surface area contributed by atoms with E-state index in [0.29, 0.717) is 6.42 Å². The summed E-state index contributed by atoms with van der Waals surface area (Å²) in [5.41, 5.74) is 0. The molecule has 0 aromatic carbocycles. The third kappa shape index (κ3) is 13.4. The Labute approximate surface area is 216 Å². The summed E-state index contributed by atoms with van der Waals surface area (Å²) >= 11 is 0. The molecule has 37 heavy (non-hydrogen) atoms. The average molecular weight is 561 g/mol. The van der Waals surface area contributed by atoms with Gasteiger partial charge in [0.15, 0.2) is 6.29 Å². The molecule has 0 aromatic rings. The van der Waals surface area contributed by atoms with Crippen molar-refractivity contribution in [2.75, 3.05) is 46.2 Å². The molecule has 6 N–H and O–H groups in total. The summed E-state index contributed by atoms with van der Waals surface area (Å²) in [6.07, 6.45) is -5.98. The van der Waals surface area contributed by atoms with Gasteiger partial charge in [-0.1, -0.05) is 6.92 Å². The smallest absolute Gasteiger partial charge is 0.394 e. The van der Waals surface area contributed by atoms with Crippen LogP contribution in [0.25, 0.3) is 0 Å². The number of ether oxygens (including phenoxy) is 4. The molecule has 1 fully saturated rings. The molecule has 1 unspecified atom stereocenters. The van der Waals surface area contributed by atoms with Crippen molar-refractivity contribution in [2.24, 2.45) is 0 Å². The standard InChI is InChI=1S/C21H41N2O13P/c1-5-15(36-37(29,30)35-13(2)3)11-32-9-8-31-7-6-22-17(26)12-33-21-18(23-14(4)25)20(28)19(27)16(10-24)34-21/h13,15-16,18-21,24,27-28H,5-12H2,1-4H3,(H,22,26)(H,23,25)(H,29,30)/t15-,16-,18-,19+,20-,21-/m1/s1. The highest BCUT2D eigenvalue weighted by molar-refractivity contribution is 7.47. The van der Waals surface area contributed by atoms with Gasteiger partial charge in [0.05, 0.1) is 45.2 Å². The Kier molecular flexibility index (Phi) is 15.9. The molecule has 0 bridgehead atoms. The first-order valence-corrected chi connectivity index (χ1v) is 13.5. The van der Waals surface area contributed by atoms with Crippen LogP contribution in [-0.2, 0) is 42.1 Å². The number of amides is 2. The third-order valence-corrected chi connectivity index (χ3v) is 6.21. The van der Waals surface area contributed by atoms with Crippen molar-refractivity contribution in [3.8, 4) is 0 Å². The summed E-state index contributed by atoms with van der Waals surface area (Å²) < 4.78 is 43.3. The zero-order valence-corrected chi connectivity index (χ0v) is 22.5. The van der Waals surface area contributed by atoms with E-state index in [1.165, 1.54) is 6.92 Å². The van der Waals surface area contributed by atoms with Crippen molar-refractivity contribution >= 4 is 19.6 Å². The SMILES string of the molecule is CC[C@H](COCCOCCNC(=O)CO[C@@H]1O[C@H](CO)[C@H](O)[C@H](O)[C@H]1NC(C)=O)OP(=O)(O)OC(C)C. The Morgan fingerprint density at radius 2 is 1.76 bits per heavy atom. The van der Waals surface area contributed by atoms with Crippen molar-refractivity contribution < 1.29 is 62.4 Å². The van der Waals surface area contributed by atoms with Gasteiger partial charge in [-0.25, -0.2) is 4.57 Å². The molecule has 0 aromatic heterocycles. The fourth-order valence-electron chi connectivity index (χ4n) is 3.22. The van der Waals surface area contributed by atoms with E-state index in [0.717, 1.165) is 0 Å². The predicted molar refractivity (Wildman–Crippen MR) is 127 cm³/mol. The minimum atomic E-state index is -4.16. The Bertz CT molecular complexity index is 729. The monoisotopic (exact) mass is 560 g/mol. The van der Waals surface area contributed by atoms with E-state index in [4.69, 9.17) is 28.0 Å². The molecule has 2 amide bonds. The maximum atomic E-state index is 12.0. The van der Waals surface area contributed by atoms with E-state index in [2.05, 4.69) is 10.6 Å². The normalized spacial score (nSPS) is 26.5. The van der Waals surface area contributed by atoms with E-state index in [9.17, 15) is 34.4 Å². The van der Waals surface area contributed by atoms with Gasteiger partial charge in [0.1, 0.15) is 31.0 Å². The summed E-state index contributed by atoms with van der Waals surface area (Å²) in [6.45, 7) is 5.96. The lowest BCUT2D eigenvalue weighted by Gasteiger charge is -2.42. The van der Waals surface area contributed by atoms with Crippen LogP contribution in [0.2, 0.25) is 0 Å². The maximum absolute atomic E-state index is 12.0. The molecule has 1 aliphatic heterocycles. The van der Waals surface area contributed by atoms with Crippen molar-refractivity contribution in [1.29, 1.82) is 0 Å². The molecule has 0 saturated carbocycles. The molecule has 7 atom stereocenters. The number of carbonyl (C=O) groups excluding carboxylic acids is 2. The number of hydrogen-bond acceptors (Lipinski definition) is 12. The van der Waals surface area contributed by atoms with E-state index in [1.54, 1.807) is 20.8 Å². The van der Waals surface area contributed by atoms with Crippen LogP contribution in [-0.4, -0.2) is 121 Å². The number of nitrogens with one attached hydrogen (secondary N) is 2. The number of rotatable bonds is 18. The number of aliphatic hydroxyl groups excluding tert-OH is 3. The molecule has 15 nitrogen and oxygen atoms in total. The minimum absolute atomic E-state index is 0.0749. The first kappa shape index (κ1) is 33.8. The van der Waals surface area contributed by atoms with Gasteiger partial charge in [-0.2, -0.15) is 0 Å². The summed E-state index contributed by atoms with van der Waals surface area (Å²) in [4.78, 5) is 33.1. The number of hydrogen-bond donors (Lipinski definition) is 6. The van der Waals surface area contributed by atoms with Gasteiger partial charge < -0.3 is 49.8 Å². The van der Waals surface area contributed by atoms with Crippen LogP contribution in [0.15, 0.2) is 0 Å². The fraction of sp³-hybridized carbons (Fsp3) is 0.905. The Morgan fingerprint density at radius 1 is 1.08 bits per heavy atom. The Morgan fingerprint density at radius 3 is 2.35 bits per heavy atom. The second-order valence-electron chi connectivity index (χ2n) is 8.54. The molecule has 1 saturated heterocycles. The van der Waals surface area contributed by atoms with Crippen molar-refractivity contribution in [2.45, 2.75) is 77.0 Å². The fourth-order valence-corrected chi connectivity index (χ4v) is 4.39. The number of carbonyl (C=O) groups is 2. The molecule has 1 aliphatic rings. The van der Waals surface area contributed by atoms with Crippen molar-refractivity contribution in [3.63, 3.8) is 0 Å². The second-order valence-corrected chi connectivity index (χ2v) is 9.90. The first-order valence-electron chi connectivity index (χ1n) is 12.0. The molecular weight excluding hydrogens is 519 g/mol. The first-order chi connectivity index (χ1) is 17.4. The van der Waals surface area contributed by atoms with Gasteiger partial charge >= 0.3 is 7.82 Å². The highest BCUT2D eigenvalue weighted by Crippen LogP contribution is 2.46. The highest BCUT2D eigenvalue weighted by atomic mass is 31.2. The van der Waals surface area contributed by atoms with Crippen LogP contribution in [0, 0.1) is 0 Å². The third-order valence-electron chi connectivity index (χ3n) is 4.96. The van der Waals surface area contributed by atoms with E-state index < -0.39 is 75.7 Å². The zero-order chi connectivity index (χ0) is 28.0. The molecule has 1 heterocycles. The quantitative estimate of drug-likeness (QED) is 0.0826. The van der Waals surface area contributed by atoms with Gasteiger partial charge in [0.2, 0.25) is 11.8 Å². The zero-order valence-electron chi connectivity index (χ0n) is 21.6. The lowest BCUT2D eigenvalue weighted by molar-refractivity contribution is -0.268. The van der Waals surface area contributed by atoms with Gasteiger partial charge in [-0.3, -0.25) is 18.6 Å².